The molecule has 0 aromatic rings. The van der Waals surface area contributed by atoms with Crippen molar-refractivity contribution in [3.8, 4) is 0 Å². The molecule has 0 rings (SSSR count). The summed E-state index contributed by atoms with van der Waals surface area (Å²) in [6, 6.07) is 0. The zero-order chi connectivity index (χ0) is 42.9. The third-order valence-electron chi connectivity index (χ3n) is 0. The fourth-order valence-electron chi connectivity index (χ4n) is 0. The Balaban J connectivity index is -0.0000000262. The van der Waals surface area contributed by atoms with Crippen molar-refractivity contribution in [2.24, 2.45) is 0 Å². The van der Waals surface area contributed by atoms with Crippen LogP contribution in [0.25, 0.3) is 0 Å². The Kier molecular flexibility index (Phi) is 148. The summed E-state index contributed by atoms with van der Waals surface area (Å²) in [7, 11) is -35.0. The monoisotopic (exact) mass is 841 g/mol. The van der Waals surface area contributed by atoms with Crippen LogP contribution in [0.5, 0.6) is 0 Å². The largest absolute Gasteiger partial charge is 1.00 e. The summed E-state index contributed by atoms with van der Waals surface area (Å²) in [6.07, 6.45) is 0. The van der Waals surface area contributed by atoms with Gasteiger partial charge < -0.3 is 181 Å². The van der Waals surface area contributed by atoms with Crippen molar-refractivity contribution in [2.75, 3.05) is 0 Å². The normalized spacial score (nSPS) is 6.61. The summed E-state index contributed by atoms with van der Waals surface area (Å²) in [5, 5.41) is 303. The molecule has 0 aliphatic rings. The van der Waals surface area contributed by atoms with Gasteiger partial charge in [-0.15, -0.1) is 0 Å². The van der Waals surface area contributed by atoms with Crippen molar-refractivity contribution in [1.29, 1.82) is 0 Å². The fourth-order valence-corrected chi connectivity index (χ4v) is 0. The van der Waals surface area contributed by atoms with E-state index in [9.17, 15) is 0 Å². The Labute approximate surface area is 334 Å². The Morgan fingerprint density at radius 1 is 0.102 bits per heavy atom. The molecule has 0 aromatic carbocycles. The summed E-state index contributed by atoms with van der Waals surface area (Å²) in [6.45, 7) is 0. The van der Waals surface area contributed by atoms with Gasteiger partial charge >= 0.3 is 68.9 Å². The molecule has 0 bridgehead atoms. The van der Waals surface area contributed by atoms with Crippen LogP contribution in [0, 0.1) is 0 Å². The van der Waals surface area contributed by atoms with E-state index in [0.717, 1.165) is 0 Å². The molecule has 0 amide bonds. The van der Waals surface area contributed by atoms with E-state index in [2.05, 4.69) is 0 Å². The van der Waals surface area contributed by atoms with Gasteiger partial charge in [0, 0.05) is 0 Å². The van der Waals surface area contributed by atoms with E-state index in [1.807, 2.05) is 0 Å². The summed E-state index contributed by atoms with van der Waals surface area (Å²) in [4.78, 5) is 0. The number of rotatable bonds is 0. The summed E-state index contributed by atoms with van der Waals surface area (Å²) < 4.78 is 0. The maximum Gasteiger partial charge on any atom is 1.00 e. The van der Waals surface area contributed by atoms with Crippen LogP contribution < -0.4 is 250 Å². The Morgan fingerprint density at radius 3 is 0.102 bits per heavy atom. The van der Waals surface area contributed by atoms with E-state index in [0.29, 0.717) is 0 Å². The standard InChI is InChI=1S/12BO3.Cs/c12*2-1(3)4;/q12*-3;+1. The molecular weight excluding hydrogens is 839 g/mol. The molecule has 49 heavy (non-hydrogen) atoms. The van der Waals surface area contributed by atoms with Crippen LogP contribution in [0.15, 0.2) is 0 Å². The van der Waals surface area contributed by atoms with Crippen molar-refractivity contribution in [2.45, 2.75) is 0 Å². The second-order valence-corrected chi connectivity index (χ2v) is 3.46. The van der Waals surface area contributed by atoms with Gasteiger partial charge in [-0.05, 0) is 0 Å². The molecule has 0 atom stereocenters. The molecule has 0 saturated carbocycles. The molecule has 0 radical (unpaired) electrons. The molecule has 0 aliphatic heterocycles. The maximum atomic E-state index is 8.42. The Morgan fingerprint density at radius 2 is 0.102 bits per heavy atom. The van der Waals surface area contributed by atoms with Gasteiger partial charge in [0.1, 0.15) is 0 Å². The van der Waals surface area contributed by atoms with E-state index in [1.54, 1.807) is 0 Å². The van der Waals surface area contributed by atoms with Crippen molar-refractivity contribution in [3.05, 3.63) is 0 Å². The number of hydrogen-bond acceptors (Lipinski definition) is 36. The summed E-state index contributed by atoms with van der Waals surface area (Å²) in [5.74, 6) is 0. The molecule has 0 aliphatic carbocycles. The summed E-state index contributed by atoms with van der Waals surface area (Å²) >= 11 is 0. The maximum absolute atomic E-state index is 8.42. The molecule has 49 heteroatoms. The van der Waals surface area contributed by atoms with Crippen LogP contribution in [-0.2, 0) is 0 Å². The average Bonchev–Trinajstić information content (AvgIpc) is 2.61. The first-order valence-corrected chi connectivity index (χ1v) is 8.49. The molecule has 36 nitrogen and oxygen atoms in total. The van der Waals surface area contributed by atoms with Crippen molar-refractivity contribution < 1.29 is 250 Å². The molecule has 0 spiro atoms. The third kappa shape index (κ3) is 57300. The second-order valence-electron chi connectivity index (χ2n) is 3.46. The van der Waals surface area contributed by atoms with E-state index in [1.165, 1.54) is 0 Å². The van der Waals surface area contributed by atoms with Gasteiger partial charge in [-0.1, -0.05) is 0 Å². The number of hydrogen-bond donors (Lipinski definition) is 0. The average molecular weight is 839 g/mol. The predicted octanol–water partition coefficient (Wildman–Crippen LogP) is -50.4. The minimum absolute atomic E-state index is 0. The van der Waals surface area contributed by atoms with Crippen LogP contribution in [0.3, 0.4) is 0 Å². The van der Waals surface area contributed by atoms with Crippen molar-refractivity contribution in [1.82, 2.24) is 0 Å². The summed E-state index contributed by atoms with van der Waals surface area (Å²) in [5.41, 5.74) is 0. The topological polar surface area (TPSA) is 830 Å². The zero-order valence-electron chi connectivity index (χ0n) is 22.6. The molecular formula is B12CsO36-35. The van der Waals surface area contributed by atoms with Crippen molar-refractivity contribution in [3.63, 3.8) is 0 Å². The van der Waals surface area contributed by atoms with Gasteiger partial charge in [0.15, 0.2) is 0 Å². The van der Waals surface area contributed by atoms with Crippen LogP contribution in [-0.4, -0.2) is 87.9 Å². The van der Waals surface area contributed by atoms with E-state index < -0.39 is 87.9 Å². The smallest absolute Gasteiger partial charge is 0.907 e. The van der Waals surface area contributed by atoms with Gasteiger partial charge in [-0.25, -0.2) is 0 Å². The van der Waals surface area contributed by atoms with E-state index in [4.69, 9.17) is 181 Å². The third-order valence-corrected chi connectivity index (χ3v) is 0. The molecule has 0 fully saturated rings. The Hall–Kier alpha value is 1.39. The first-order valence-electron chi connectivity index (χ1n) is 8.49. The quantitative estimate of drug-likeness (QED) is 0.204. The molecule has 0 heterocycles. The van der Waals surface area contributed by atoms with Crippen molar-refractivity contribution >= 4 is 87.9 Å². The van der Waals surface area contributed by atoms with Gasteiger partial charge in [-0.3, -0.25) is 87.9 Å². The minimum Gasteiger partial charge on any atom is -0.907 e. The fraction of sp³-hybridized carbons (Fsp3) is 0. The predicted molar refractivity (Wildman–Crippen MR) is 69.0 cm³/mol. The van der Waals surface area contributed by atoms with E-state index >= 15 is 0 Å². The zero-order valence-corrected chi connectivity index (χ0v) is 28.9. The molecule has 288 valence electrons. The van der Waals surface area contributed by atoms with Gasteiger partial charge in [0.05, 0.1) is 0 Å². The SMILES string of the molecule is [Cs+].[O-]B([O-])[O-].[O-]B([O-])[O-].[O-]B([O-])[O-].[O-]B([O-])[O-].[O-]B([O-])[O-].[O-]B([O-])[O-].[O-]B([O-])[O-].[O-]B([O-])[O-].[O-]B([O-])[O-].[O-]B([O-])[O-].[O-]B([O-])[O-].[O-]B([O-])[O-]. The van der Waals surface area contributed by atoms with Gasteiger partial charge in [0.25, 0.3) is 0 Å². The van der Waals surface area contributed by atoms with Gasteiger partial charge in [-0.2, -0.15) is 0 Å². The van der Waals surface area contributed by atoms with Gasteiger partial charge in [0.2, 0.25) is 0 Å². The van der Waals surface area contributed by atoms with Crippen LogP contribution in [0.4, 0.5) is 0 Å². The second kappa shape index (κ2) is 82.7. The first kappa shape index (κ1) is 87.9. The van der Waals surface area contributed by atoms with Crippen LogP contribution >= 0.6 is 0 Å². The van der Waals surface area contributed by atoms with E-state index in [-0.39, 0.29) is 68.9 Å². The molecule has 0 aromatic heterocycles. The Bertz CT molecular complexity index is 232. The molecule has 0 unspecified atom stereocenters. The molecule has 0 saturated heterocycles. The van der Waals surface area contributed by atoms with Crippen LogP contribution in [0.1, 0.15) is 0 Å². The minimum atomic E-state index is -2.92. The van der Waals surface area contributed by atoms with Crippen LogP contribution in [0.2, 0.25) is 0 Å². The molecule has 0 N–H and O–H groups in total. The first-order chi connectivity index (χ1) is 20.8.